The number of nitrogens with zero attached hydrogens (tertiary/aromatic N) is 2. The summed E-state index contributed by atoms with van der Waals surface area (Å²) in [7, 11) is 1.81. The Morgan fingerprint density at radius 3 is 2.50 bits per heavy atom. The van der Waals surface area contributed by atoms with Gasteiger partial charge in [0.15, 0.2) is 0 Å². The highest BCUT2D eigenvalue weighted by Gasteiger charge is 2.20. The minimum absolute atomic E-state index is 0.454. The van der Waals surface area contributed by atoms with Gasteiger partial charge in [0.2, 0.25) is 0 Å². The van der Waals surface area contributed by atoms with Crippen molar-refractivity contribution in [2.75, 3.05) is 12.4 Å². The maximum atomic E-state index is 5.41. The third-order valence-electron chi connectivity index (χ3n) is 4.01. The van der Waals surface area contributed by atoms with Crippen molar-refractivity contribution < 1.29 is 4.74 Å². The zero-order chi connectivity index (χ0) is 13.8. The molecular weight excluding hydrogens is 250 g/mol. The highest BCUT2D eigenvalue weighted by atomic mass is 16.5. The maximum Gasteiger partial charge on any atom is 0.0647 e. The van der Waals surface area contributed by atoms with Crippen molar-refractivity contribution in [3.05, 3.63) is 42.7 Å². The molecule has 2 aromatic rings. The largest absolute Gasteiger partial charge is 0.382 e. The third-order valence-corrected chi connectivity index (χ3v) is 4.01. The molecule has 106 valence electrons. The zero-order valence-electron chi connectivity index (χ0n) is 11.8. The molecule has 0 spiro atoms. The topological polar surface area (TPSA) is 39.1 Å². The van der Waals surface area contributed by atoms with Crippen molar-refractivity contribution in [1.29, 1.82) is 0 Å². The van der Waals surface area contributed by atoms with Gasteiger partial charge in [0.25, 0.3) is 0 Å². The minimum Gasteiger partial charge on any atom is -0.382 e. The van der Waals surface area contributed by atoms with Gasteiger partial charge in [-0.15, -0.1) is 0 Å². The smallest absolute Gasteiger partial charge is 0.0647 e. The summed E-state index contributed by atoms with van der Waals surface area (Å²) in [4.78, 5) is 0. The number of benzene rings is 1. The monoisotopic (exact) mass is 271 g/mol. The first-order valence-corrected chi connectivity index (χ1v) is 7.24. The summed E-state index contributed by atoms with van der Waals surface area (Å²) < 4.78 is 7.28. The van der Waals surface area contributed by atoms with Crippen molar-refractivity contribution in [3.63, 3.8) is 0 Å². The molecule has 0 atom stereocenters. The van der Waals surface area contributed by atoms with E-state index in [1.807, 2.05) is 24.1 Å². The van der Waals surface area contributed by atoms with E-state index in [0.717, 1.165) is 18.5 Å². The second-order valence-corrected chi connectivity index (χ2v) is 5.35. The lowest BCUT2D eigenvalue weighted by atomic mass is 9.93. The molecule has 1 aliphatic carbocycles. The first kappa shape index (κ1) is 13.2. The van der Waals surface area contributed by atoms with Crippen LogP contribution in [0.2, 0.25) is 0 Å². The average molecular weight is 271 g/mol. The van der Waals surface area contributed by atoms with Crippen molar-refractivity contribution in [3.8, 4) is 5.69 Å². The number of nitrogens with one attached hydrogen (secondary N) is 1. The van der Waals surface area contributed by atoms with Crippen molar-refractivity contribution in [2.45, 2.75) is 37.8 Å². The molecule has 0 aliphatic heterocycles. The van der Waals surface area contributed by atoms with Crippen molar-refractivity contribution in [1.82, 2.24) is 9.78 Å². The summed E-state index contributed by atoms with van der Waals surface area (Å²) in [6.07, 6.45) is 8.86. The molecule has 20 heavy (non-hydrogen) atoms. The molecule has 0 radical (unpaired) electrons. The van der Waals surface area contributed by atoms with Crippen LogP contribution in [0, 0.1) is 0 Å². The summed E-state index contributed by atoms with van der Waals surface area (Å²) in [5.74, 6) is 0. The predicted octanol–water partition coefficient (Wildman–Crippen LogP) is 3.24. The Kier molecular flexibility index (Phi) is 4.02. The highest BCUT2D eigenvalue weighted by molar-refractivity contribution is 5.49. The molecule has 1 N–H and O–H groups in total. The number of hydrogen-bond acceptors (Lipinski definition) is 3. The molecule has 3 rings (SSSR count). The van der Waals surface area contributed by atoms with Crippen LogP contribution < -0.4 is 5.32 Å². The van der Waals surface area contributed by atoms with Gasteiger partial charge in [-0.1, -0.05) is 0 Å². The number of hydrogen-bond donors (Lipinski definition) is 1. The Balaban J connectivity index is 1.59. The number of methoxy groups -OCH3 is 1. The van der Waals surface area contributed by atoms with Crippen LogP contribution in [-0.4, -0.2) is 29.0 Å². The van der Waals surface area contributed by atoms with Gasteiger partial charge in [0.1, 0.15) is 0 Å². The van der Waals surface area contributed by atoms with Crippen LogP contribution in [-0.2, 0) is 4.74 Å². The van der Waals surface area contributed by atoms with Gasteiger partial charge in [-0.25, -0.2) is 4.68 Å². The lowest BCUT2D eigenvalue weighted by Gasteiger charge is -2.28. The van der Waals surface area contributed by atoms with E-state index in [2.05, 4.69) is 34.7 Å². The van der Waals surface area contributed by atoms with E-state index in [1.54, 1.807) is 6.20 Å². The van der Waals surface area contributed by atoms with Crippen molar-refractivity contribution in [2.24, 2.45) is 0 Å². The van der Waals surface area contributed by atoms with Crippen molar-refractivity contribution >= 4 is 5.69 Å². The minimum atomic E-state index is 0.454. The molecule has 0 unspecified atom stereocenters. The fraction of sp³-hybridized carbons (Fsp3) is 0.438. The molecule has 1 aromatic heterocycles. The van der Waals surface area contributed by atoms with Crippen LogP contribution in [0.15, 0.2) is 42.7 Å². The highest BCUT2D eigenvalue weighted by Crippen LogP contribution is 2.24. The Labute approximate surface area is 119 Å². The van der Waals surface area contributed by atoms with E-state index < -0.39 is 0 Å². The van der Waals surface area contributed by atoms with Gasteiger partial charge in [-0.3, -0.25) is 0 Å². The van der Waals surface area contributed by atoms with Crippen LogP contribution in [0.1, 0.15) is 25.7 Å². The van der Waals surface area contributed by atoms with Crippen LogP contribution in [0.5, 0.6) is 0 Å². The first-order valence-electron chi connectivity index (χ1n) is 7.24. The molecule has 1 fully saturated rings. The molecule has 0 saturated heterocycles. The van der Waals surface area contributed by atoms with Crippen LogP contribution in [0.4, 0.5) is 5.69 Å². The Morgan fingerprint density at radius 2 is 1.90 bits per heavy atom. The van der Waals surface area contributed by atoms with Gasteiger partial charge in [0, 0.05) is 31.2 Å². The van der Waals surface area contributed by atoms with Crippen LogP contribution in [0.3, 0.4) is 0 Å². The summed E-state index contributed by atoms with van der Waals surface area (Å²) >= 11 is 0. The second kappa shape index (κ2) is 6.09. The molecule has 1 saturated carbocycles. The molecular formula is C16H21N3O. The second-order valence-electron chi connectivity index (χ2n) is 5.35. The van der Waals surface area contributed by atoms with E-state index in [1.165, 1.54) is 18.5 Å². The van der Waals surface area contributed by atoms with Gasteiger partial charge in [-0.2, -0.15) is 5.10 Å². The van der Waals surface area contributed by atoms with Crippen LogP contribution in [0.25, 0.3) is 5.69 Å². The molecule has 0 amide bonds. The SMILES string of the molecule is COC1CCC(Nc2ccc(-n3cccn3)cc2)CC1. The summed E-state index contributed by atoms with van der Waals surface area (Å²) in [6, 6.07) is 10.9. The fourth-order valence-electron chi connectivity index (χ4n) is 2.81. The van der Waals surface area contributed by atoms with E-state index in [4.69, 9.17) is 4.74 Å². The Hall–Kier alpha value is -1.81. The van der Waals surface area contributed by atoms with E-state index >= 15 is 0 Å². The zero-order valence-corrected chi connectivity index (χ0v) is 11.8. The summed E-state index contributed by atoms with van der Waals surface area (Å²) in [5.41, 5.74) is 2.27. The molecule has 1 heterocycles. The number of anilines is 1. The standard InChI is InChI=1S/C16H21N3O/c1-20-16-9-5-14(6-10-16)18-13-3-7-15(8-4-13)19-12-2-11-17-19/h2-4,7-8,11-12,14,16,18H,5-6,9-10H2,1H3. The third kappa shape index (κ3) is 3.02. The van der Waals surface area contributed by atoms with Crippen LogP contribution >= 0.6 is 0 Å². The average Bonchev–Trinajstić information content (AvgIpc) is 3.03. The normalized spacial score (nSPS) is 22.6. The molecule has 4 heteroatoms. The molecule has 0 bridgehead atoms. The van der Waals surface area contributed by atoms with E-state index in [0.29, 0.717) is 12.1 Å². The first-order chi connectivity index (χ1) is 9.85. The fourth-order valence-corrected chi connectivity index (χ4v) is 2.81. The molecule has 1 aromatic carbocycles. The lowest BCUT2D eigenvalue weighted by molar-refractivity contribution is 0.0682. The lowest BCUT2D eigenvalue weighted by Crippen LogP contribution is -2.29. The number of aromatic nitrogens is 2. The van der Waals surface area contributed by atoms with Gasteiger partial charge >= 0.3 is 0 Å². The Morgan fingerprint density at radius 1 is 1.15 bits per heavy atom. The van der Waals surface area contributed by atoms with E-state index in [-0.39, 0.29) is 0 Å². The maximum absolute atomic E-state index is 5.41. The predicted molar refractivity (Wildman–Crippen MR) is 80.2 cm³/mol. The van der Waals surface area contributed by atoms with Gasteiger partial charge in [-0.05, 0) is 56.0 Å². The van der Waals surface area contributed by atoms with E-state index in [9.17, 15) is 0 Å². The van der Waals surface area contributed by atoms with Gasteiger partial charge in [0.05, 0.1) is 11.8 Å². The molecule has 4 nitrogen and oxygen atoms in total. The number of ether oxygens (including phenoxy) is 1. The summed E-state index contributed by atoms with van der Waals surface area (Å²) in [5, 5.41) is 7.84. The number of rotatable bonds is 4. The quantitative estimate of drug-likeness (QED) is 0.928. The molecule has 1 aliphatic rings. The Bertz CT molecular complexity index is 513. The van der Waals surface area contributed by atoms with Gasteiger partial charge < -0.3 is 10.1 Å². The summed E-state index contributed by atoms with van der Waals surface area (Å²) in [6.45, 7) is 0.